The molecule has 2 saturated heterocycles. The van der Waals surface area contributed by atoms with Crippen molar-refractivity contribution in [3.63, 3.8) is 0 Å². The molecule has 0 saturated carbocycles. The number of likely N-dealkylation sites (tertiary alicyclic amines) is 1. The Morgan fingerprint density at radius 1 is 1.00 bits per heavy atom. The first-order valence-corrected chi connectivity index (χ1v) is 8.80. The van der Waals surface area contributed by atoms with E-state index in [0.29, 0.717) is 49.4 Å². The third-order valence-corrected chi connectivity index (χ3v) is 5.13. The number of halogens is 1. The molecule has 0 spiro atoms. The lowest BCUT2D eigenvalue weighted by Gasteiger charge is -2.32. The molecule has 2 fully saturated rings. The van der Waals surface area contributed by atoms with Crippen LogP contribution in [0.15, 0.2) is 24.3 Å². The molecule has 134 valence electrons. The molecule has 2 heterocycles. The normalized spacial score (nSPS) is 24.3. The number of carbonyl (C=O) groups is 3. The van der Waals surface area contributed by atoms with E-state index in [-0.39, 0.29) is 17.6 Å². The number of piperidine rings is 1. The Morgan fingerprint density at radius 3 is 2.16 bits per heavy atom. The fourth-order valence-corrected chi connectivity index (χ4v) is 3.54. The van der Waals surface area contributed by atoms with Crippen molar-refractivity contribution in [2.75, 3.05) is 13.1 Å². The number of carbonyl (C=O) groups excluding carboxylic acids is 2. The highest BCUT2D eigenvalue weighted by Crippen LogP contribution is 2.26. The molecular weight excluding hydrogens is 346 g/mol. The Morgan fingerprint density at radius 2 is 1.60 bits per heavy atom. The van der Waals surface area contributed by atoms with Gasteiger partial charge in [0.1, 0.15) is 6.10 Å². The van der Waals surface area contributed by atoms with Gasteiger partial charge in [0.15, 0.2) is 11.9 Å². The first-order chi connectivity index (χ1) is 12.0. The molecular formula is C18H20ClNO5. The Labute approximate surface area is 150 Å². The second-order valence-electron chi connectivity index (χ2n) is 6.50. The molecule has 0 bridgehead atoms. The number of nitrogens with zero attached hydrogens (tertiary/aromatic N) is 1. The van der Waals surface area contributed by atoms with Gasteiger partial charge in [-0.15, -0.1) is 0 Å². The summed E-state index contributed by atoms with van der Waals surface area (Å²) in [5.41, 5.74) is 0.637. The van der Waals surface area contributed by atoms with Crippen molar-refractivity contribution in [3.8, 4) is 0 Å². The highest BCUT2D eigenvalue weighted by atomic mass is 35.5. The molecule has 3 rings (SSSR count). The lowest BCUT2D eigenvalue weighted by molar-refractivity contribution is -0.155. The van der Waals surface area contributed by atoms with Gasteiger partial charge in [-0.1, -0.05) is 11.6 Å². The maximum Gasteiger partial charge on any atom is 0.332 e. The minimum absolute atomic E-state index is 0.0758. The molecule has 7 heteroatoms. The molecule has 0 unspecified atom stereocenters. The van der Waals surface area contributed by atoms with Crippen LogP contribution in [0.25, 0.3) is 0 Å². The zero-order valence-corrected chi connectivity index (χ0v) is 14.4. The summed E-state index contributed by atoms with van der Waals surface area (Å²) in [6.45, 7) is 0.973. The van der Waals surface area contributed by atoms with Gasteiger partial charge in [-0.2, -0.15) is 0 Å². The number of ketones is 1. The maximum absolute atomic E-state index is 12.5. The molecule has 1 aromatic rings. The van der Waals surface area contributed by atoms with Gasteiger partial charge < -0.3 is 14.7 Å². The highest BCUT2D eigenvalue weighted by molar-refractivity contribution is 6.30. The molecule has 25 heavy (non-hydrogen) atoms. The quantitative estimate of drug-likeness (QED) is 0.828. The summed E-state index contributed by atoms with van der Waals surface area (Å²) in [5, 5.41) is 9.54. The second kappa shape index (κ2) is 7.54. The number of hydrogen-bond acceptors (Lipinski definition) is 4. The molecule has 2 aliphatic heterocycles. The van der Waals surface area contributed by atoms with Gasteiger partial charge in [0.05, 0.1) is 0 Å². The van der Waals surface area contributed by atoms with Crippen molar-refractivity contribution in [1.29, 1.82) is 0 Å². The number of hydrogen-bond donors (Lipinski definition) is 1. The lowest BCUT2D eigenvalue weighted by Crippen LogP contribution is -2.45. The van der Waals surface area contributed by atoms with E-state index in [4.69, 9.17) is 21.4 Å². The zero-order chi connectivity index (χ0) is 18.0. The van der Waals surface area contributed by atoms with E-state index >= 15 is 0 Å². The van der Waals surface area contributed by atoms with Crippen molar-refractivity contribution >= 4 is 29.3 Å². The number of carboxylic acids is 1. The van der Waals surface area contributed by atoms with Crippen molar-refractivity contribution < 1.29 is 24.2 Å². The SMILES string of the molecule is O=C(c1ccc(Cl)cc1)C1CCN(C(=O)[C@@H]2CC[C@H](C(=O)O)O2)CC1. The van der Waals surface area contributed by atoms with E-state index < -0.39 is 18.2 Å². The Balaban J connectivity index is 1.53. The van der Waals surface area contributed by atoms with Gasteiger partial charge in [-0.3, -0.25) is 9.59 Å². The first-order valence-electron chi connectivity index (χ1n) is 8.42. The van der Waals surface area contributed by atoms with Gasteiger partial charge in [0, 0.05) is 29.6 Å². The number of Topliss-reactive ketones (excluding diaryl/α,β-unsaturated/α-hetero) is 1. The molecule has 0 radical (unpaired) electrons. The average Bonchev–Trinajstić information content (AvgIpc) is 3.12. The molecule has 1 aromatic carbocycles. The smallest absolute Gasteiger partial charge is 0.332 e. The van der Waals surface area contributed by atoms with Crippen LogP contribution in [0.2, 0.25) is 5.02 Å². The van der Waals surface area contributed by atoms with E-state index in [1.807, 2.05) is 0 Å². The molecule has 0 aromatic heterocycles. The molecule has 2 aliphatic rings. The van der Waals surface area contributed by atoms with Crippen LogP contribution in [0.4, 0.5) is 0 Å². The van der Waals surface area contributed by atoms with Crippen molar-refractivity contribution in [2.24, 2.45) is 5.92 Å². The molecule has 0 aliphatic carbocycles. The average molecular weight is 366 g/mol. The maximum atomic E-state index is 12.5. The lowest BCUT2D eigenvalue weighted by atomic mass is 9.88. The second-order valence-corrected chi connectivity index (χ2v) is 6.94. The van der Waals surface area contributed by atoms with Gasteiger partial charge in [-0.25, -0.2) is 4.79 Å². The van der Waals surface area contributed by atoms with Crippen molar-refractivity contribution in [2.45, 2.75) is 37.9 Å². The minimum atomic E-state index is -1.03. The van der Waals surface area contributed by atoms with Gasteiger partial charge >= 0.3 is 5.97 Å². The Kier molecular flexibility index (Phi) is 5.39. The van der Waals surface area contributed by atoms with E-state index in [1.54, 1.807) is 29.2 Å². The Hall–Kier alpha value is -1.92. The van der Waals surface area contributed by atoms with Gasteiger partial charge in [0.2, 0.25) is 0 Å². The summed E-state index contributed by atoms with van der Waals surface area (Å²) in [5.74, 6) is -1.22. The largest absolute Gasteiger partial charge is 0.479 e. The van der Waals surface area contributed by atoms with Gasteiger partial charge in [-0.05, 0) is 49.9 Å². The zero-order valence-electron chi connectivity index (χ0n) is 13.7. The van der Waals surface area contributed by atoms with Crippen LogP contribution in [0, 0.1) is 5.92 Å². The summed E-state index contributed by atoms with van der Waals surface area (Å²) in [4.78, 5) is 37.6. The molecule has 2 atom stereocenters. The van der Waals surface area contributed by atoms with E-state index in [0.717, 1.165) is 0 Å². The fraction of sp³-hybridized carbons (Fsp3) is 0.500. The number of ether oxygens (including phenoxy) is 1. The summed E-state index contributed by atoms with van der Waals surface area (Å²) in [7, 11) is 0. The first kappa shape index (κ1) is 17.9. The number of carboxylic acid groups (broad SMARTS) is 1. The fourth-order valence-electron chi connectivity index (χ4n) is 3.42. The molecule has 1 amide bonds. The predicted octanol–water partition coefficient (Wildman–Crippen LogP) is 2.39. The summed E-state index contributed by atoms with van der Waals surface area (Å²) < 4.78 is 5.32. The van der Waals surface area contributed by atoms with Gasteiger partial charge in [0.25, 0.3) is 5.91 Å². The number of aliphatic carboxylic acids is 1. The summed E-state index contributed by atoms with van der Waals surface area (Å²) in [6, 6.07) is 6.84. The predicted molar refractivity (Wildman–Crippen MR) is 90.6 cm³/mol. The van der Waals surface area contributed by atoms with E-state index in [1.165, 1.54) is 0 Å². The highest BCUT2D eigenvalue weighted by Gasteiger charge is 2.38. The standard InChI is InChI=1S/C18H20ClNO5/c19-13-3-1-11(2-4-13)16(21)12-7-9-20(10-8-12)17(22)14-5-6-15(25-14)18(23)24/h1-4,12,14-15H,5-10H2,(H,23,24)/t14-,15+/m0/s1. The third-order valence-electron chi connectivity index (χ3n) is 4.88. The van der Waals surface area contributed by atoms with Crippen LogP contribution in [0.1, 0.15) is 36.0 Å². The number of benzene rings is 1. The number of amides is 1. The van der Waals surface area contributed by atoms with Crippen molar-refractivity contribution in [1.82, 2.24) is 4.90 Å². The summed E-state index contributed by atoms with van der Waals surface area (Å²) in [6.07, 6.45) is 0.420. The summed E-state index contributed by atoms with van der Waals surface area (Å²) >= 11 is 5.84. The topological polar surface area (TPSA) is 83.9 Å². The monoisotopic (exact) mass is 365 g/mol. The van der Waals surface area contributed by atoms with Crippen LogP contribution in [-0.2, 0) is 14.3 Å². The third kappa shape index (κ3) is 4.02. The van der Waals surface area contributed by atoms with E-state index in [2.05, 4.69) is 0 Å². The minimum Gasteiger partial charge on any atom is -0.479 e. The Bertz CT molecular complexity index is 667. The van der Waals surface area contributed by atoms with Crippen molar-refractivity contribution in [3.05, 3.63) is 34.9 Å². The van der Waals surface area contributed by atoms with Crippen LogP contribution < -0.4 is 0 Å². The number of rotatable bonds is 4. The molecule has 1 N–H and O–H groups in total. The van der Waals surface area contributed by atoms with Crippen LogP contribution in [0.5, 0.6) is 0 Å². The molecule has 6 nitrogen and oxygen atoms in total. The van der Waals surface area contributed by atoms with E-state index in [9.17, 15) is 14.4 Å². The van der Waals surface area contributed by atoms with Crippen LogP contribution >= 0.6 is 11.6 Å². The van der Waals surface area contributed by atoms with Crippen LogP contribution in [-0.4, -0.2) is 53.0 Å². The van der Waals surface area contributed by atoms with Crippen LogP contribution in [0.3, 0.4) is 0 Å².